The summed E-state index contributed by atoms with van der Waals surface area (Å²) >= 11 is 0. The van der Waals surface area contributed by atoms with Gasteiger partial charge in [0.25, 0.3) is 5.91 Å². The van der Waals surface area contributed by atoms with Crippen LogP contribution in [0.4, 0.5) is 5.69 Å². The fraction of sp³-hybridized carbons (Fsp3) is 0.212. The molecule has 0 unspecified atom stereocenters. The molecule has 4 aromatic carbocycles. The highest BCUT2D eigenvalue weighted by Gasteiger charge is 2.53. The number of nitrogens with zero attached hydrogens (tertiary/aromatic N) is 4. The summed E-state index contributed by atoms with van der Waals surface area (Å²) in [4.78, 5) is 22.4. The lowest BCUT2D eigenvalue weighted by atomic mass is 9.81. The van der Waals surface area contributed by atoms with Crippen LogP contribution in [0.5, 0.6) is 5.75 Å². The average molecular weight is 562 g/mol. The number of aliphatic hydroxyl groups is 1. The Labute approximate surface area is 244 Å². The summed E-state index contributed by atoms with van der Waals surface area (Å²) in [5, 5.41) is 16.0. The number of benzene rings is 4. The molecule has 0 saturated heterocycles. The molecule has 0 aliphatic carbocycles. The standard InChI is InChI=1S/C33H31N5O4/c34-38-37-29-15-8-7-14-28(29)30-33(22-24-10-3-1-4-11-24,32(40)35-23-25-12-5-2-6-13-25)36-31(42-30)26-16-18-27(19-17-26)41-21-9-20-39/h1-8,10-19,30,39H,9,20-23H2,(H,35,40)/t30-,33-/m1/s1. The lowest BCUT2D eigenvalue weighted by Crippen LogP contribution is -2.49. The molecule has 0 spiro atoms. The number of carbonyl (C=O) groups is 1. The molecular weight excluding hydrogens is 530 g/mol. The summed E-state index contributed by atoms with van der Waals surface area (Å²) in [7, 11) is 0. The predicted molar refractivity (Wildman–Crippen MR) is 160 cm³/mol. The maximum absolute atomic E-state index is 14.3. The third-order valence-electron chi connectivity index (χ3n) is 7.01. The number of hydrogen-bond donors (Lipinski definition) is 2. The van der Waals surface area contributed by atoms with Gasteiger partial charge in [0.2, 0.25) is 5.90 Å². The third-order valence-corrected chi connectivity index (χ3v) is 7.01. The molecule has 1 heterocycles. The summed E-state index contributed by atoms with van der Waals surface area (Å²) in [5.41, 5.74) is 11.3. The largest absolute Gasteiger partial charge is 0.494 e. The SMILES string of the molecule is [N-]=[N+]=Nc1ccccc1[C@H]1OC(c2ccc(OCCCO)cc2)=N[C@@]1(Cc1ccccc1)C(=O)NCc1ccccc1. The maximum Gasteiger partial charge on any atom is 0.252 e. The van der Waals surface area contributed by atoms with Gasteiger partial charge in [0, 0.05) is 47.7 Å². The predicted octanol–water partition coefficient (Wildman–Crippen LogP) is 6.21. The molecule has 9 heteroatoms. The Morgan fingerprint density at radius 1 is 0.952 bits per heavy atom. The molecule has 0 radical (unpaired) electrons. The van der Waals surface area contributed by atoms with Gasteiger partial charge in [-0.15, -0.1) is 0 Å². The van der Waals surface area contributed by atoms with E-state index in [2.05, 4.69) is 15.3 Å². The number of hydrogen-bond acceptors (Lipinski definition) is 6. The summed E-state index contributed by atoms with van der Waals surface area (Å²) in [6.07, 6.45) is -0.106. The van der Waals surface area contributed by atoms with Crippen molar-refractivity contribution < 1.29 is 19.4 Å². The van der Waals surface area contributed by atoms with Crippen LogP contribution in [-0.4, -0.2) is 35.7 Å². The Kier molecular flexibility index (Phi) is 9.13. The van der Waals surface area contributed by atoms with E-state index in [0.717, 1.165) is 11.1 Å². The second-order valence-corrected chi connectivity index (χ2v) is 9.87. The maximum atomic E-state index is 14.3. The van der Waals surface area contributed by atoms with Crippen molar-refractivity contribution in [3.63, 3.8) is 0 Å². The van der Waals surface area contributed by atoms with E-state index in [1.165, 1.54) is 0 Å². The van der Waals surface area contributed by atoms with Crippen molar-refractivity contribution in [2.45, 2.75) is 31.0 Å². The van der Waals surface area contributed by atoms with Crippen LogP contribution in [0, 0.1) is 0 Å². The number of azide groups is 1. The molecule has 0 bridgehead atoms. The van der Waals surface area contributed by atoms with Crippen molar-refractivity contribution >= 4 is 17.5 Å². The first kappa shape index (κ1) is 28.4. The van der Waals surface area contributed by atoms with Gasteiger partial charge in [-0.05, 0) is 40.9 Å². The summed E-state index contributed by atoms with van der Waals surface area (Å²) in [6.45, 7) is 0.760. The van der Waals surface area contributed by atoms with Crippen LogP contribution in [0.2, 0.25) is 0 Å². The molecule has 2 N–H and O–H groups in total. The Hall–Kier alpha value is -5.11. The topological polar surface area (TPSA) is 129 Å². The highest BCUT2D eigenvalue weighted by molar-refractivity contribution is 6.01. The Morgan fingerprint density at radius 3 is 2.31 bits per heavy atom. The molecule has 0 saturated carbocycles. The van der Waals surface area contributed by atoms with E-state index in [-0.39, 0.29) is 18.9 Å². The number of rotatable bonds is 12. The van der Waals surface area contributed by atoms with E-state index in [9.17, 15) is 10.3 Å². The van der Waals surface area contributed by atoms with Crippen LogP contribution in [0.1, 0.15) is 34.8 Å². The van der Waals surface area contributed by atoms with Gasteiger partial charge in [0.05, 0.1) is 6.61 Å². The van der Waals surface area contributed by atoms with Crippen molar-refractivity contribution in [3.8, 4) is 5.75 Å². The number of aliphatic imine (C=N–C) groups is 1. The van der Waals surface area contributed by atoms with Gasteiger partial charge >= 0.3 is 0 Å². The molecule has 0 aromatic heterocycles. The highest BCUT2D eigenvalue weighted by Crippen LogP contribution is 2.45. The van der Waals surface area contributed by atoms with E-state index in [1.807, 2.05) is 78.9 Å². The third kappa shape index (κ3) is 6.44. The van der Waals surface area contributed by atoms with Gasteiger partial charge in [0.15, 0.2) is 11.6 Å². The van der Waals surface area contributed by atoms with Crippen molar-refractivity contribution in [1.29, 1.82) is 0 Å². The van der Waals surface area contributed by atoms with E-state index in [0.29, 0.717) is 48.0 Å². The summed E-state index contributed by atoms with van der Waals surface area (Å²) in [6, 6.07) is 33.7. The molecule has 4 aromatic rings. The van der Waals surface area contributed by atoms with Crippen LogP contribution >= 0.6 is 0 Å². The molecule has 1 aliphatic rings. The van der Waals surface area contributed by atoms with E-state index >= 15 is 0 Å². The average Bonchev–Trinajstić information content (AvgIpc) is 3.42. The molecule has 42 heavy (non-hydrogen) atoms. The van der Waals surface area contributed by atoms with E-state index in [1.54, 1.807) is 30.3 Å². The summed E-state index contributed by atoms with van der Waals surface area (Å²) < 4.78 is 12.2. The Bertz CT molecular complexity index is 1570. The minimum atomic E-state index is -1.41. The zero-order chi connectivity index (χ0) is 29.2. The number of ether oxygens (including phenoxy) is 2. The molecule has 9 nitrogen and oxygen atoms in total. The molecular formula is C33H31N5O4. The molecule has 2 atom stereocenters. The number of carbonyl (C=O) groups excluding carboxylic acids is 1. The zero-order valence-electron chi connectivity index (χ0n) is 23.0. The fourth-order valence-electron chi connectivity index (χ4n) is 4.95. The van der Waals surface area contributed by atoms with E-state index in [4.69, 9.17) is 19.6 Å². The lowest BCUT2D eigenvalue weighted by Gasteiger charge is -2.31. The quantitative estimate of drug-likeness (QED) is 0.0922. The molecule has 1 amide bonds. The van der Waals surface area contributed by atoms with E-state index < -0.39 is 11.6 Å². The Morgan fingerprint density at radius 2 is 1.62 bits per heavy atom. The number of aliphatic hydroxyl groups excluding tert-OH is 1. The monoisotopic (exact) mass is 561 g/mol. The van der Waals surface area contributed by atoms with Gasteiger partial charge in [-0.2, -0.15) is 0 Å². The van der Waals surface area contributed by atoms with Crippen molar-refractivity contribution in [2.75, 3.05) is 13.2 Å². The fourth-order valence-corrected chi connectivity index (χ4v) is 4.95. The molecule has 0 fully saturated rings. The van der Waals surface area contributed by atoms with Gasteiger partial charge in [-0.1, -0.05) is 90.0 Å². The van der Waals surface area contributed by atoms with Crippen LogP contribution in [0.25, 0.3) is 10.4 Å². The molecule has 1 aliphatic heterocycles. The van der Waals surface area contributed by atoms with Crippen molar-refractivity contribution in [2.24, 2.45) is 10.1 Å². The highest BCUT2D eigenvalue weighted by atomic mass is 16.5. The Balaban J connectivity index is 1.59. The zero-order valence-corrected chi connectivity index (χ0v) is 23.0. The van der Waals surface area contributed by atoms with Crippen molar-refractivity contribution in [1.82, 2.24) is 5.32 Å². The van der Waals surface area contributed by atoms with Crippen LogP contribution in [0.3, 0.4) is 0 Å². The minimum absolute atomic E-state index is 0.0528. The normalized spacial score (nSPS) is 17.5. The molecule has 5 rings (SSSR count). The summed E-state index contributed by atoms with van der Waals surface area (Å²) in [5.74, 6) is 0.630. The number of nitrogens with one attached hydrogen (secondary N) is 1. The second-order valence-electron chi connectivity index (χ2n) is 9.87. The first-order valence-corrected chi connectivity index (χ1v) is 13.7. The van der Waals surface area contributed by atoms with Crippen LogP contribution < -0.4 is 10.1 Å². The van der Waals surface area contributed by atoms with Crippen LogP contribution in [0.15, 0.2) is 119 Å². The first-order valence-electron chi connectivity index (χ1n) is 13.7. The first-order chi connectivity index (χ1) is 20.6. The van der Waals surface area contributed by atoms with Gasteiger partial charge < -0.3 is 19.9 Å². The molecule has 212 valence electrons. The number of amides is 1. The van der Waals surface area contributed by atoms with Gasteiger partial charge in [0.1, 0.15) is 5.75 Å². The smallest absolute Gasteiger partial charge is 0.252 e. The minimum Gasteiger partial charge on any atom is -0.494 e. The van der Waals surface area contributed by atoms with Gasteiger partial charge in [-0.3, -0.25) is 4.79 Å². The second kappa shape index (κ2) is 13.5. The van der Waals surface area contributed by atoms with Gasteiger partial charge in [-0.25, -0.2) is 4.99 Å². The lowest BCUT2D eigenvalue weighted by molar-refractivity contribution is -0.129. The van der Waals surface area contributed by atoms with Crippen LogP contribution in [-0.2, 0) is 22.5 Å². The van der Waals surface area contributed by atoms with Crippen molar-refractivity contribution in [3.05, 3.63) is 142 Å².